The SMILES string of the molecule is CSc1nnc(SCC(C)CNC2CC2)s1. The van der Waals surface area contributed by atoms with Crippen molar-refractivity contribution in [2.75, 3.05) is 18.6 Å². The minimum absolute atomic E-state index is 0.701. The van der Waals surface area contributed by atoms with E-state index in [9.17, 15) is 0 Å². The summed E-state index contributed by atoms with van der Waals surface area (Å²) in [5.74, 6) is 1.83. The fourth-order valence-corrected chi connectivity index (χ4v) is 3.75. The molecule has 16 heavy (non-hydrogen) atoms. The van der Waals surface area contributed by atoms with Crippen molar-refractivity contribution in [3.8, 4) is 0 Å². The van der Waals surface area contributed by atoms with Crippen LogP contribution in [0, 0.1) is 5.92 Å². The highest BCUT2D eigenvalue weighted by atomic mass is 32.2. The van der Waals surface area contributed by atoms with Gasteiger partial charge in [0.25, 0.3) is 0 Å². The molecule has 1 heterocycles. The molecule has 1 fully saturated rings. The van der Waals surface area contributed by atoms with Crippen molar-refractivity contribution < 1.29 is 0 Å². The zero-order valence-corrected chi connectivity index (χ0v) is 12.1. The van der Waals surface area contributed by atoms with Crippen molar-refractivity contribution >= 4 is 34.9 Å². The van der Waals surface area contributed by atoms with Crippen LogP contribution in [0.15, 0.2) is 8.68 Å². The van der Waals surface area contributed by atoms with Crippen molar-refractivity contribution in [2.24, 2.45) is 5.92 Å². The lowest BCUT2D eigenvalue weighted by Crippen LogP contribution is -2.24. The summed E-state index contributed by atoms with van der Waals surface area (Å²) in [7, 11) is 0. The van der Waals surface area contributed by atoms with E-state index < -0.39 is 0 Å². The van der Waals surface area contributed by atoms with Gasteiger partial charge in [-0.2, -0.15) is 0 Å². The van der Waals surface area contributed by atoms with Crippen molar-refractivity contribution in [1.29, 1.82) is 0 Å². The zero-order chi connectivity index (χ0) is 11.4. The van der Waals surface area contributed by atoms with E-state index in [1.807, 2.05) is 18.0 Å². The van der Waals surface area contributed by atoms with E-state index in [0.717, 1.165) is 27.0 Å². The van der Waals surface area contributed by atoms with Crippen LogP contribution in [0.2, 0.25) is 0 Å². The molecule has 1 aliphatic rings. The number of aromatic nitrogens is 2. The first-order valence-electron chi connectivity index (χ1n) is 5.51. The topological polar surface area (TPSA) is 37.8 Å². The number of rotatable bonds is 7. The highest BCUT2D eigenvalue weighted by molar-refractivity contribution is 8.02. The molecule has 1 aliphatic carbocycles. The van der Waals surface area contributed by atoms with Gasteiger partial charge in [0.2, 0.25) is 0 Å². The molecular formula is C10H17N3S3. The van der Waals surface area contributed by atoms with E-state index >= 15 is 0 Å². The Balaban J connectivity index is 1.64. The Kier molecular flexibility index (Phi) is 4.94. The maximum absolute atomic E-state index is 4.16. The lowest BCUT2D eigenvalue weighted by molar-refractivity contribution is 0.556. The number of hydrogen-bond donors (Lipinski definition) is 1. The fourth-order valence-electron chi connectivity index (χ4n) is 1.27. The Morgan fingerprint density at radius 1 is 1.44 bits per heavy atom. The average Bonchev–Trinajstić information content (AvgIpc) is 3.01. The van der Waals surface area contributed by atoms with E-state index in [1.165, 1.54) is 12.8 Å². The maximum Gasteiger partial charge on any atom is 0.175 e. The Bertz CT molecular complexity index is 325. The second kappa shape index (κ2) is 6.23. The Morgan fingerprint density at radius 2 is 2.19 bits per heavy atom. The van der Waals surface area contributed by atoms with Crippen LogP contribution in [0.1, 0.15) is 19.8 Å². The first kappa shape index (κ1) is 12.7. The predicted molar refractivity (Wildman–Crippen MR) is 72.6 cm³/mol. The minimum atomic E-state index is 0.701. The van der Waals surface area contributed by atoms with Gasteiger partial charge in [-0.1, -0.05) is 41.8 Å². The first-order valence-corrected chi connectivity index (χ1v) is 8.54. The first-order chi connectivity index (χ1) is 7.78. The Hall–Kier alpha value is 0.220. The lowest BCUT2D eigenvalue weighted by atomic mass is 10.2. The number of hydrogen-bond acceptors (Lipinski definition) is 6. The predicted octanol–water partition coefficient (Wildman–Crippen LogP) is 2.74. The molecule has 90 valence electrons. The average molecular weight is 275 g/mol. The van der Waals surface area contributed by atoms with Crippen LogP contribution in [0.5, 0.6) is 0 Å². The second-order valence-electron chi connectivity index (χ2n) is 4.14. The lowest BCUT2D eigenvalue weighted by Gasteiger charge is -2.10. The normalized spacial score (nSPS) is 17.6. The van der Waals surface area contributed by atoms with Gasteiger partial charge in [-0.3, -0.25) is 0 Å². The summed E-state index contributed by atoms with van der Waals surface area (Å²) in [5, 5.41) is 11.8. The number of thioether (sulfide) groups is 2. The van der Waals surface area contributed by atoms with Gasteiger partial charge in [0, 0.05) is 11.8 Å². The third kappa shape index (κ3) is 4.24. The van der Waals surface area contributed by atoms with Crippen LogP contribution < -0.4 is 5.32 Å². The number of nitrogens with one attached hydrogen (secondary N) is 1. The quantitative estimate of drug-likeness (QED) is 0.775. The van der Waals surface area contributed by atoms with Crippen LogP contribution in [0.4, 0.5) is 0 Å². The molecule has 0 saturated heterocycles. The Morgan fingerprint density at radius 3 is 2.81 bits per heavy atom. The molecular weight excluding hydrogens is 258 g/mol. The van der Waals surface area contributed by atoms with Crippen LogP contribution in [-0.4, -0.2) is 34.8 Å². The molecule has 0 aromatic carbocycles. The second-order valence-corrected chi connectivity index (χ2v) is 7.43. The molecule has 0 radical (unpaired) electrons. The van der Waals surface area contributed by atoms with Crippen molar-refractivity contribution in [3.63, 3.8) is 0 Å². The highest BCUT2D eigenvalue weighted by Gasteiger charge is 2.20. The maximum atomic E-state index is 4.16. The molecule has 3 nitrogen and oxygen atoms in total. The third-order valence-electron chi connectivity index (χ3n) is 2.39. The third-order valence-corrected chi connectivity index (χ3v) is 5.75. The van der Waals surface area contributed by atoms with Gasteiger partial charge < -0.3 is 5.32 Å². The smallest absolute Gasteiger partial charge is 0.175 e. The van der Waals surface area contributed by atoms with Gasteiger partial charge in [0.05, 0.1) is 0 Å². The summed E-state index contributed by atoms with van der Waals surface area (Å²) < 4.78 is 2.16. The molecule has 6 heteroatoms. The van der Waals surface area contributed by atoms with E-state index in [4.69, 9.17) is 0 Å². The molecule has 1 saturated carbocycles. The highest BCUT2D eigenvalue weighted by Crippen LogP contribution is 2.28. The standard InChI is InChI=1S/C10H17N3S3/c1-7(5-11-8-3-4-8)6-15-10-13-12-9(14-2)16-10/h7-8,11H,3-6H2,1-2H3. The minimum Gasteiger partial charge on any atom is -0.314 e. The van der Waals surface area contributed by atoms with Gasteiger partial charge in [0.15, 0.2) is 8.68 Å². The molecule has 0 bridgehead atoms. The van der Waals surface area contributed by atoms with Crippen molar-refractivity contribution in [2.45, 2.75) is 34.5 Å². The van der Waals surface area contributed by atoms with Crippen LogP contribution in [-0.2, 0) is 0 Å². The van der Waals surface area contributed by atoms with Gasteiger partial charge in [-0.05, 0) is 31.6 Å². The molecule has 1 unspecified atom stereocenters. The van der Waals surface area contributed by atoms with E-state index in [-0.39, 0.29) is 0 Å². The molecule has 2 rings (SSSR count). The summed E-state index contributed by atoms with van der Waals surface area (Å²) in [4.78, 5) is 0. The summed E-state index contributed by atoms with van der Waals surface area (Å²) in [5.41, 5.74) is 0. The van der Waals surface area contributed by atoms with Crippen LogP contribution >= 0.6 is 34.9 Å². The molecule has 1 atom stereocenters. The zero-order valence-electron chi connectivity index (χ0n) is 9.60. The van der Waals surface area contributed by atoms with E-state index in [0.29, 0.717) is 5.92 Å². The van der Waals surface area contributed by atoms with Crippen LogP contribution in [0.25, 0.3) is 0 Å². The van der Waals surface area contributed by atoms with Gasteiger partial charge in [-0.15, -0.1) is 10.2 Å². The largest absolute Gasteiger partial charge is 0.314 e. The van der Waals surface area contributed by atoms with Gasteiger partial charge in [0.1, 0.15) is 0 Å². The summed E-state index contributed by atoms with van der Waals surface area (Å²) in [6, 6.07) is 0.817. The van der Waals surface area contributed by atoms with E-state index in [2.05, 4.69) is 22.4 Å². The molecule has 0 spiro atoms. The molecule has 1 N–H and O–H groups in total. The molecule has 0 amide bonds. The van der Waals surface area contributed by atoms with Crippen LogP contribution in [0.3, 0.4) is 0 Å². The molecule has 1 aromatic rings. The fraction of sp³-hybridized carbons (Fsp3) is 0.800. The molecule has 1 aromatic heterocycles. The number of nitrogens with zero attached hydrogens (tertiary/aromatic N) is 2. The van der Waals surface area contributed by atoms with Gasteiger partial charge >= 0.3 is 0 Å². The Labute approximate surface area is 109 Å². The van der Waals surface area contributed by atoms with E-state index in [1.54, 1.807) is 23.1 Å². The van der Waals surface area contributed by atoms with Crippen molar-refractivity contribution in [3.05, 3.63) is 0 Å². The van der Waals surface area contributed by atoms with Gasteiger partial charge in [-0.25, -0.2) is 0 Å². The monoisotopic (exact) mass is 275 g/mol. The summed E-state index contributed by atoms with van der Waals surface area (Å²) in [6.07, 6.45) is 4.78. The summed E-state index contributed by atoms with van der Waals surface area (Å²) >= 11 is 5.19. The van der Waals surface area contributed by atoms with Crippen molar-refractivity contribution in [1.82, 2.24) is 15.5 Å². The summed E-state index contributed by atoms with van der Waals surface area (Å²) in [6.45, 7) is 3.42. The molecule has 0 aliphatic heterocycles.